The van der Waals surface area contributed by atoms with E-state index in [2.05, 4.69) is 5.32 Å². The third-order valence-corrected chi connectivity index (χ3v) is 7.31. The molecule has 0 atom stereocenters. The molecule has 0 aliphatic heterocycles. The van der Waals surface area contributed by atoms with Crippen LogP contribution in [0.25, 0.3) is 11.1 Å². The zero-order valence-corrected chi connectivity index (χ0v) is 23.2. The Morgan fingerprint density at radius 3 is 2.23 bits per heavy atom. The van der Waals surface area contributed by atoms with Gasteiger partial charge in [0.15, 0.2) is 0 Å². The Morgan fingerprint density at radius 2 is 1.52 bits per heavy atom. The normalized spacial score (nSPS) is 10.6. The molecule has 0 saturated carbocycles. The van der Waals surface area contributed by atoms with Crippen molar-refractivity contribution in [1.82, 2.24) is 10.2 Å². The van der Waals surface area contributed by atoms with Crippen molar-refractivity contribution in [2.75, 3.05) is 19.7 Å². The lowest BCUT2D eigenvalue weighted by Gasteiger charge is -2.24. The van der Waals surface area contributed by atoms with Crippen LogP contribution >= 0.6 is 11.3 Å². The van der Waals surface area contributed by atoms with Gasteiger partial charge in [-0.3, -0.25) is 14.4 Å². The molecule has 0 bridgehead atoms. The van der Waals surface area contributed by atoms with Crippen LogP contribution in [0.2, 0.25) is 0 Å². The second kappa shape index (κ2) is 14.1. The summed E-state index contributed by atoms with van der Waals surface area (Å²) < 4.78 is 5.73. The molecule has 3 aromatic carbocycles. The first-order valence-corrected chi connectivity index (χ1v) is 14.1. The maximum absolute atomic E-state index is 13.9. The Balaban J connectivity index is 1.61. The second-order valence-corrected chi connectivity index (χ2v) is 10.1. The predicted molar refractivity (Wildman–Crippen MR) is 157 cm³/mol. The third kappa shape index (κ3) is 7.36. The number of nitrogens with one attached hydrogen (secondary N) is 1. The van der Waals surface area contributed by atoms with Crippen molar-refractivity contribution in [2.45, 2.75) is 26.3 Å². The maximum Gasteiger partial charge on any atom is 0.305 e. The predicted octanol–water partition coefficient (Wildman–Crippen LogP) is 5.90. The minimum atomic E-state index is -0.978. The fraction of sp³-hybridized carbons (Fsp3) is 0.219. The molecule has 0 aliphatic rings. The summed E-state index contributed by atoms with van der Waals surface area (Å²) in [6, 6.07) is 25.9. The monoisotopic (exact) mass is 556 g/mol. The highest BCUT2D eigenvalue weighted by Crippen LogP contribution is 2.29. The molecule has 1 aromatic heterocycles. The van der Waals surface area contributed by atoms with Gasteiger partial charge < -0.3 is 20.1 Å². The molecule has 8 heteroatoms. The van der Waals surface area contributed by atoms with Crippen LogP contribution in [0.15, 0.2) is 90.3 Å². The molecule has 2 amide bonds. The van der Waals surface area contributed by atoms with E-state index in [0.29, 0.717) is 48.4 Å². The van der Waals surface area contributed by atoms with Crippen LogP contribution < -0.4 is 10.1 Å². The number of ether oxygens (including phenoxy) is 1. The van der Waals surface area contributed by atoms with Crippen molar-refractivity contribution < 1.29 is 24.2 Å². The molecule has 2 N–H and O–H groups in total. The Kier molecular flexibility index (Phi) is 10.1. The van der Waals surface area contributed by atoms with Crippen LogP contribution in [-0.4, -0.2) is 47.5 Å². The number of carbonyl (C=O) groups is 3. The van der Waals surface area contributed by atoms with Crippen LogP contribution in [0.3, 0.4) is 0 Å². The molecule has 0 saturated heterocycles. The molecule has 7 nitrogen and oxygen atoms in total. The lowest BCUT2D eigenvalue weighted by atomic mass is 9.94. The fourth-order valence-corrected chi connectivity index (χ4v) is 5.12. The average Bonchev–Trinajstić information content (AvgIpc) is 3.50. The molecule has 4 rings (SSSR count). The van der Waals surface area contributed by atoms with Gasteiger partial charge in [0.2, 0.25) is 0 Å². The number of aliphatic carboxylic acids is 1. The minimum Gasteiger partial charge on any atom is -0.494 e. The summed E-state index contributed by atoms with van der Waals surface area (Å²) in [5, 5.41) is 14.3. The average molecular weight is 557 g/mol. The number of rotatable bonds is 13. The molecule has 0 spiro atoms. The van der Waals surface area contributed by atoms with E-state index in [1.807, 2.05) is 73.0 Å². The van der Waals surface area contributed by atoms with E-state index in [4.69, 9.17) is 4.74 Å². The van der Waals surface area contributed by atoms with E-state index in [-0.39, 0.29) is 24.8 Å². The van der Waals surface area contributed by atoms with E-state index >= 15 is 0 Å². The Labute approximate surface area is 238 Å². The molecule has 1 heterocycles. The number of amides is 2. The van der Waals surface area contributed by atoms with E-state index in [0.717, 1.165) is 16.2 Å². The van der Waals surface area contributed by atoms with Crippen molar-refractivity contribution in [3.8, 4) is 16.9 Å². The van der Waals surface area contributed by atoms with Crippen molar-refractivity contribution in [3.63, 3.8) is 0 Å². The van der Waals surface area contributed by atoms with Gasteiger partial charge in [-0.25, -0.2) is 0 Å². The lowest BCUT2D eigenvalue weighted by molar-refractivity contribution is -0.137. The zero-order valence-electron chi connectivity index (χ0n) is 22.3. The highest BCUT2D eigenvalue weighted by molar-refractivity contribution is 7.09. The summed E-state index contributed by atoms with van der Waals surface area (Å²) in [4.78, 5) is 41.2. The van der Waals surface area contributed by atoms with Crippen LogP contribution in [0, 0.1) is 0 Å². The number of carbonyl (C=O) groups excluding carboxylic acids is 2. The number of thiophene rings is 1. The number of nitrogens with zero attached hydrogens (tertiary/aromatic N) is 1. The minimum absolute atomic E-state index is 0.0578. The summed E-state index contributed by atoms with van der Waals surface area (Å²) in [5.41, 5.74) is 3.06. The summed E-state index contributed by atoms with van der Waals surface area (Å²) >= 11 is 1.57. The summed E-state index contributed by atoms with van der Waals surface area (Å²) in [6.07, 6.45) is 0.328. The van der Waals surface area contributed by atoms with Crippen LogP contribution in [-0.2, 0) is 17.8 Å². The van der Waals surface area contributed by atoms with Crippen LogP contribution in [0.1, 0.15) is 44.5 Å². The van der Waals surface area contributed by atoms with Gasteiger partial charge in [0, 0.05) is 29.1 Å². The SMILES string of the molecule is CCOc1ccccc1CCN(CCC(=O)O)C(=O)c1ccccc1-c1ccccc1C(=O)NCc1cccs1. The zero-order chi connectivity index (χ0) is 28.3. The smallest absolute Gasteiger partial charge is 0.305 e. The van der Waals surface area contributed by atoms with Crippen LogP contribution in [0.4, 0.5) is 0 Å². The van der Waals surface area contributed by atoms with Gasteiger partial charge in [-0.2, -0.15) is 0 Å². The van der Waals surface area contributed by atoms with E-state index < -0.39 is 5.97 Å². The van der Waals surface area contributed by atoms with Gasteiger partial charge in [-0.05, 0) is 59.7 Å². The summed E-state index contributed by atoms with van der Waals surface area (Å²) in [5.74, 6) is -0.756. The summed E-state index contributed by atoms with van der Waals surface area (Å²) in [6.45, 7) is 3.22. The number of para-hydroxylation sites is 1. The number of hydrogen-bond donors (Lipinski definition) is 2. The largest absolute Gasteiger partial charge is 0.494 e. The first-order chi connectivity index (χ1) is 19.5. The van der Waals surface area contributed by atoms with Crippen molar-refractivity contribution in [1.29, 1.82) is 0 Å². The van der Waals surface area contributed by atoms with E-state index in [9.17, 15) is 19.5 Å². The third-order valence-electron chi connectivity index (χ3n) is 6.43. The van der Waals surface area contributed by atoms with Gasteiger partial charge in [0.25, 0.3) is 11.8 Å². The van der Waals surface area contributed by atoms with Crippen molar-refractivity contribution in [3.05, 3.63) is 112 Å². The maximum atomic E-state index is 13.9. The number of carboxylic acids is 1. The Bertz CT molecular complexity index is 1450. The van der Waals surface area contributed by atoms with Gasteiger partial charge >= 0.3 is 5.97 Å². The van der Waals surface area contributed by atoms with Gasteiger partial charge in [-0.15, -0.1) is 11.3 Å². The molecule has 40 heavy (non-hydrogen) atoms. The highest BCUT2D eigenvalue weighted by Gasteiger charge is 2.23. The van der Waals surface area contributed by atoms with E-state index in [1.54, 1.807) is 40.5 Å². The standard InChI is InChI=1S/C32H32N2O5S/c1-2-39-29-16-8-3-10-23(29)17-19-34(20-18-30(35)36)32(38)28-15-7-5-13-26(28)25-12-4-6-14-27(25)31(37)33-22-24-11-9-21-40-24/h3-16,21H,2,17-20,22H2,1H3,(H,33,37)(H,35,36). The Hall–Kier alpha value is -4.43. The summed E-state index contributed by atoms with van der Waals surface area (Å²) in [7, 11) is 0. The van der Waals surface area contributed by atoms with Crippen molar-refractivity contribution in [2.24, 2.45) is 0 Å². The molecule has 206 valence electrons. The second-order valence-electron chi connectivity index (χ2n) is 9.08. The number of benzene rings is 3. The number of carboxylic acid groups (broad SMARTS) is 1. The van der Waals surface area contributed by atoms with Crippen molar-refractivity contribution >= 4 is 29.1 Å². The van der Waals surface area contributed by atoms with Crippen LogP contribution in [0.5, 0.6) is 5.75 Å². The fourth-order valence-electron chi connectivity index (χ4n) is 4.47. The first kappa shape index (κ1) is 28.6. The van der Waals surface area contributed by atoms with Gasteiger partial charge in [0.1, 0.15) is 5.75 Å². The molecular weight excluding hydrogens is 524 g/mol. The highest BCUT2D eigenvalue weighted by atomic mass is 32.1. The molecule has 0 radical (unpaired) electrons. The molecule has 4 aromatic rings. The molecular formula is C32H32N2O5S. The molecule has 0 unspecified atom stereocenters. The van der Waals surface area contributed by atoms with Gasteiger partial charge in [0.05, 0.1) is 19.6 Å². The first-order valence-electron chi connectivity index (χ1n) is 13.2. The van der Waals surface area contributed by atoms with E-state index in [1.165, 1.54) is 0 Å². The quantitative estimate of drug-likeness (QED) is 0.214. The topological polar surface area (TPSA) is 95.9 Å². The van der Waals surface area contributed by atoms with Gasteiger partial charge in [-0.1, -0.05) is 60.7 Å². The molecule has 0 fully saturated rings. The lowest BCUT2D eigenvalue weighted by Crippen LogP contribution is -2.35. The molecule has 0 aliphatic carbocycles. The Morgan fingerprint density at radius 1 is 0.850 bits per heavy atom. The number of hydrogen-bond acceptors (Lipinski definition) is 5.